The molecule has 3 aliphatic carbocycles. The van der Waals surface area contributed by atoms with Crippen LogP contribution in [0.5, 0.6) is 0 Å². The number of amides is 2. The average molecular weight is 438 g/mol. The van der Waals surface area contributed by atoms with Gasteiger partial charge in [0.1, 0.15) is 11.3 Å². The predicted octanol–water partition coefficient (Wildman–Crippen LogP) is 2.55. The van der Waals surface area contributed by atoms with Gasteiger partial charge in [-0.2, -0.15) is 0 Å². The third-order valence-electron chi connectivity index (χ3n) is 8.35. The summed E-state index contributed by atoms with van der Waals surface area (Å²) in [5.74, 6) is 2.07. The molecule has 4 fully saturated rings. The fraction of sp³-hybridized carbons (Fsp3) is 0.640. The molecule has 4 aliphatic rings. The summed E-state index contributed by atoms with van der Waals surface area (Å²) in [5.41, 5.74) is 2.37. The maximum Gasteiger partial charge on any atom is 0.268 e. The van der Waals surface area contributed by atoms with Crippen LogP contribution in [0.25, 0.3) is 5.65 Å². The molecule has 7 heteroatoms. The molecule has 6 rings (SSSR count). The minimum atomic E-state index is -0.0713. The lowest BCUT2D eigenvalue weighted by Gasteiger charge is -2.60. The monoisotopic (exact) mass is 437 g/mol. The Hall–Kier alpha value is -2.41. The van der Waals surface area contributed by atoms with Gasteiger partial charge in [-0.1, -0.05) is 19.9 Å². The number of carbonyl (C=O) groups excluding carboxylic acids is 2. The molecule has 0 spiro atoms. The van der Waals surface area contributed by atoms with Gasteiger partial charge in [-0.05, 0) is 80.5 Å². The van der Waals surface area contributed by atoms with Gasteiger partial charge in [0.2, 0.25) is 5.91 Å². The summed E-state index contributed by atoms with van der Waals surface area (Å²) in [5, 5.41) is 9.60. The second kappa shape index (κ2) is 8.50. The van der Waals surface area contributed by atoms with E-state index < -0.39 is 0 Å². The molecule has 2 bridgehead atoms. The van der Waals surface area contributed by atoms with Crippen LogP contribution in [0.15, 0.2) is 24.4 Å². The molecule has 0 radical (unpaired) electrons. The van der Waals surface area contributed by atoms with Crippen LogP contribution in [0.2, 0.25) is 0 Å². The van der Waals surface area contributed by atoms with Crippen molar-refractivity contribution in [3.63, 3.8) is 0 Å². The van der Waals surface area contributed by atoms with Crippen LogP contribution >= 0.6 is 0 Å². The number of fused-ring (bicyclic) bond motifs is 3. The van der Waals surface area contributed by atoms with Crippen molar-refractivity contribution in [2.24, 2.45) is 23.2 Å². The molecular weight excluding hydrogens is 402 g/mol. The summed E-state index contributed by atoms with van der Waals surface area (Å²) >= 11 is 0. The summed E-state index contributed by atoms with van der Waals surface area (Å²) in [6.45, 7) is 7.38. The SMILES string of the molecule is CC1(C)[C@@H]2CC[C@@H](CNC(=O)c3cccc4nc(CC(=O)NC5CCNCC5)cn34)[C@H]1C2. The number of rotatable bonds is 6. The van der Waals surface area contributed by atoms with Gasteiger partial charge in [-0.3, -0.25) is 14.0 Å². The second-order valence-corrected chi connectivity index (χ2v) is 10.5. The van der Waals surface area contributed by atoms with E-state index in [2.05, 4.69) is 34.8 Å². The highest BCUT2D eigenvalue weighted by molar-refractivity contribution is 5.93. The minimum Gasteiger partial charge on any atom is -0.353 e. The first-order valence-electron chi connectivity index (χ1n) is 12.2. The number of aromatic nitrogens is 2. The lowest BCUT2D eigenvalue weighted by atomic mass is 9.45. The number of imidazole rings is 1. The van der Waals surface area contributed by atoms with Crippen molar-refractivity contribution in [3.8, 4) is 0 Å². The van der Waals surface area contributed by atoms with E-state index >= 15 is 0 Å². The molecule has 2 aromatic rings. The first-order chi connectivity index (χ1) is 15.4. The Bertz CT molecular complexity index is 1000. The van der Waals surface area contributed by atoms with Crippen LogP contribution in [0, 0.1) is 23.2 Å². The number of hydrogen-bond donors (Lipinski definition) is 3. The zero-order valence-corrected chi connectivity index (χ0v) is 19.2. The third-order valence-corrected chi connectivity index (χ3v) is 8.35. The topological polar surface area (TPSA) is 87.5 Å². The molecule has 3 atom stereocenters. The number of piperidine rings is 1. The Kier molecular flexibility index (Phi) is 5.70. The lowest BCUT2D eigenvalue weighted by Crippen LogP contribution is -2.54. The Morgan fingerprint density at radius 1 is 1.19 bits per heavy atom. The standard InChI is InChI=1S/C25H35N5O2/c1-25(2)17-7-6-16(20(25)12-17)14-27-24(32)21-4-3-5-22-28-19(15-30(21)22)13-23(31)29-18-8-10-26-11-9-18/h3-5,15-18,20,26H,6-14H2,1-2H3,(H,27,32)(H,29,31)/t16-,17+,20+/m0/s1. The zero-order chi connectivity index (χ0) is 22.3. The quantitative estimate of drug-likeness (QED) is 0.648. The van der Waals surface area contributed by atoms with Gasteiger partial charge in [-0.25, -0.2) is 4.98 Å². The molecule has 172 valence electrons. The molecule has 0 aromatic carbocycles. The van der Waals surface area contributed by atoms with Crippen molar-refractivity contribution in [2.45, 2.75) is 58.4 Å². The normalized spacial score (nSPS) is 27.0. The van der Waals surface area contributed by atoms with Crippen LogP contribution in [-0.2, 0) is 11.2 Å². The van der Waals surface area contributed by atoms with Gasteiger partial charge in [0.25, 0.3) is 5.91 Å². The maximum absolute atomic E-state index is 13.0. The van der Waals surface area contributed by atoms with Crippen LogP contribution in [0.4, 0.5) is 0 Å². The van der Waals surface area contributed by atoms with E-state index in [0.29, 0.717) is 28.4 Å². The van der Waals surface area contributed by atoms with Gasteiger partial charge in [0, 0.05) is 18.8 Å². The molecule has 3 N–H and O–H groups in total. The molecule has 32 heavy (non-hydrogen) atoms. The number of hydrogen-bond acceptors (Lipinski definition) is 4. The van der Waals surface area contributed by atoms with E-state index in [4.69, 9.17) is 0 Å². The largest absolute Gasteiger partial charge is 0.353 e. The minimum absolute atomic E-state index is 0.00924. The van der Waals surface area contributed by atoms with E-state index in [0.717, 1.165) is 44.3 Å². The molecule has 7 nitrogen and oxygen atoms in total. The Morgan fingerprint density at radius 2 is 2.00 bits per heavy atom. The van der Waals surface area contributed by atoms with Crippen molar-refractivity contribution in [3.05, 3.63) is 35.8 Å². The molecule has 2 amide bonds. The van der Waals surface area contributed by atoms with Crippen LogP contribution in [0.3, 0.4) is 0 Å². The van der Waals surface area contributed by atoms with Crippen LogP contribution in [0.1, 0.15) is 62.1 Å². The molecule has 0 unspecified atom stereocenters. The molecule has 1 aliphatic heterocycles. The van der Waals surface area contributed by atoms with Crippen molar-refractivity contribution in [1.29, 1.82) is 0 Å². The van der Waals surface area contributed by atoms with Gasteiger partial charge in [0.05, 0.1) is 12.1 Å². The smallest absolute Gasteiger partial charge is 0.268 e. The summed E-state index contributed by atoms with van der Waals surface area (Å²) in [4.78, 5) is 30.1. The van der Waals surface area contributed by atoms with Crippen molar-refractivity contribution < 1.29 is 9.59 Å². The summed E-state index contributed by atoms with van der Waals surface area (Å²) < 4.78 is 1.81. The van der Waals surface area contributed by atoms with E-state index in [1.807, 2.05) is 28.8 Å². The third kappa shape index (κ3) is 4.03. The number of nitrogens with one attached hydrogen (secondary N) is 3. The highest BCUT2D eigenvalue weighted by atomic mass is 16.2. The molecule has 3 saturated carbocycles. The predicted molar refractivity (Wildman–Crippen MR) is 123 cm³/mol. The molecule has 3 heterocycles. The van der Waals surface area contributed by atoms with E-state index in [1.54, 1.807) is 0 Å². The fourth-order valence-electron chi connectivity index (χ4n) is 6.26. The van der Waals surface area contributed by atoms with E-state index in [9.17, 15) is 9.59 Å². The molecule has 2 aromatic heterocycles. The molecule has 1 saturated heterocycles. The van der Waals surface area contributed by atoms with E-state index in [1.165, 1.54) is 19.3 Å². The number of nitrogens with zero attached hydrogens (tertiary/aromatic N) is 2. The van der Waals surface area contributed by atoms with Crippen molar-refractivity contribution in [2.75, 3.05) is 19.6 Å². The Morgan fingerprint density at radius 3 is 2.75 bits per heavy atom. The first kappa shape index (κ1) is 21.4. The summed E-state index contributed by atoms with van der Waals surface area (Å²) in [7, 11) is 0. The Labute approximate surface area is 189 Å². The first-order valence-corrected chi connectivity index (χ1v) is 12.2. The van der Waals surface area contributed by atoms with E-state index in [-0.39, 0.29) is 24.3 Å². The second-order valence-electron chi connectivity index (χ2n) is 10.5. The van der Waals surface area contributed by atoms with Crippen molar-refractivity contribution in [1.82, 2.24) is 25.3 Å². The maximum atomic E-state index is 13.0. The van der Waals surface area contributed by atoms with Gasteiger partial charge in [0.15, 0.2) is 0 Å². The van der Waals surface area contributed by atoms with Gasteiger partial charge in [-0.15, -0.1) is 0 Å². The highest BCUT2D eigenvalue weighted by Crippen LogP contribution is 2.61. The highest BCUT2D eigenvalue weighted by Gasteiger charge is 2.53. The number of pyridine rings is 1. The lowest BCUT2D eigenvalue weighted by molar-refractivity contribution is -0.121. The van der Waals surface area contributed by atoms with Crippen molar-refractivity contribution >= 4 is 17.5 Å². The average Bonchev–Trinajstić information content (AvgIpc) is 3.20. The molecular formula is C25H35N5O2. The summed E-state index contributed by atoms with van der Waals surface area (Å²) in [6, 6.07) is 5.80. The summed E-state index contributed by atoms with van der Waals surface area (Å²) in [6.07, 6.45) is 7.78. The fourth-order valence-corrected chi connectivity index (χ4v) is 6.26. The van der Waals surface area contributed by atoms with Crippen LogP contribution < -0.4 is 16.0 Å². The zero-order valence-electron chi connectivity index (χ0n) is 19.2. The number of carbonyl (C=O) groups is 2. The Balaban J connectivity index is 1.23. The van der Waals surface area contributed by atoms with Crippen LogP contribution in [-0.4, -0.2) is 46.9 Å². The van der Waals surface area contributed by atoms with Gasteiger partial charge >= 0.3 is 0 Å². The van der Waals surface area contributed by atoms with Gasteiger partial charge < -0.3 is 16.0 Å².